The second-order valence-corrected chi connectivity index (χ2v) is 5.64. The van der Waals surface area contributed by atoms with Crippen LogP contribution in [-0.2, 0) is 4.79 Å². The Kier molecular flexibility index (Phi) is 3.69. The fraction of sp³-hybridized carbons (Fsp3) is 0.214. The minimum absolute atomic E-state index is 0.0702. The summed E-state index contributed by atoms with van der Waals surface area (Å²) in [5, 5.41) is 2.89. The van der Waals surface area contributed by atoms with Crippen molar-refractivity contribution < 1.29 is 13.6 Å². The maximum Gasteiger partial charge on any atom is 0.257 e. The van der Waals surface area contributed by atoms with Gasteiger partial charge >= 0.3 is 0 Å². The molecule has 1 aliphatic heterocycles. The van der Waals surface area contributed by atoms with E-state index in [2.05, 4.69) is 15.3 Å². The van der Waals surface area contributed by atoms with Crippen LogP contribution in [0.4, 0.5) is 14.6 Å². The molecular formula is C14H11F2N3O2S. The van der Waals surface area contributed by atoms with Crippen molar-refractivity contribution in [2.75, 3.05) is 11.6 Å². The number of nitrogens with zero attached hydrogens (tertiary/aromatic N) is 1. The Bertz CT molecular complexity index is 802. The Balaban J connectivity index is 2.19. The van der Waals surface area contributed by atoms with Gasteiger partial charge in [-0.3, -0.25) is 9.59 Å². The molecule has 3 rings (SSSR count). The van der Waals surface area contributed by atoms with E-state index in [-0.39, 0.29) is 29.3 Å². The molecule has 0 aliphatic carbocycles. The number of fused-ring (bicyclic) bond motifs is 1. The summed E-state index contributed by atoms with van der Waals surface area (Å²) < 4.78 is 26.9. The Hall–Kier alpha value is -2.22. The number of amides is 1. The predicted molar refractivity (Wildman–Crippen MR) is 78.1 cm³/mol. The molecule has 0 unspecified atom stereocenters. The van der Waals surface area contributed by atoms with E-state index in [4.69, 9.17) is 0 Å². The molecule has 2 aromatic rings. The molecule has 2 heterocycles. The Morgan fingerprint density at radius 2 is 1.91 bits per heavy atom. The van der Waals surface area contributed by atoms with Gasteiger partial charge in [-0.05, 0) is 24.0 Å². The van der Waals surface area contributed by atoms with Crippen LogP contribution in [0, 0.1) is 11.6 Å². The smallest absolute Gasteiger partial charge is 0.257 e. The zero-order valence-electron chi connectivity index (χ0n) is 11.4. The van der Waals surface area contributed by atoms with Gasteiger partial charge < -0.3 is 10.3 Å². The predicted octanol–water partition coefficient (Wildman–Crippen LogP) is 2.24. The number of carbonyl (C=O) groups is 1. The maximum atomic E-state index is 13.4. The molecule has 2 N–H and O–H groups in total. The number of aromatic nitrogens is 2. The first-order chi connectivity index (χ1) is 10.5. The van der Waals surface area contributed by atoms with Gasteiger partial charge in [0.1, 0.15) is 17.5 Å². The van der Waals surface area contributed by atoms with Crippen LogP contribution in [-0.4, -0.2) is 22.1 Å². The van der Waals surface area contributed by atoms with Crippen molar-refractivity contribution >= 4 is 23.5 Å². The lowest BCUT2D eigenvalue weighted by Gasteiger charge is -2.24. The third-order valence-corrected chi connectivity index (χ3v) is 3.99. The van der Waals surface area contributed by atoms with E-state index in [0.717, 1.165) is 18.2 Å². The third kappa shape index (κ3) is 2.61. The first-order valence-electron chi connectivity index (χ1n) is 6.42. The first kappa shape index (κ1) is 14.7. The molecule has 1 aromatic carbocycles. The molecular weight excluding hydrogens is 312 g/mol. The molecule has 0 radical (unpaired) electrons. The minimum Gasteiger partial charge on any atom is -0.310 e. The highest BCUT2D eigenvalue weighted by Crippen LogP contribution is 2.34. The number of benzene rings is 1. The zero-order chi connectivity index (χ0) is 15.9. The lowest BCUT2D eigenvalue weighted by Crippen LogP contribution is -2.31. The topological polar surface area (TPSA) is 74.8 Å². The van der Waals surface area contributed by atoms with Crippen LogP contribution in [0.3, 0.4) is 0 Å². The third-order valence-electron chi connectivity index (χ3n) is 3.41. The molecule has 0 fully saturated rings. The van der Waals surface area contributed by atoms with E-state index in [9.17, 15) is 18.4 Å². The number of carbonyl (C=O) groups excluding carboxylic acids is 1. The number of H-pyrrole nitrogens is 1. The highest BCUT2D eigenvalue weighted by molar-refractivity contribution is 7.98. The number of anilines is 1. The van der Waals surface area contributed by atoms with Crippen LogP contribution in [0.5, 0.6) is 0 Å². The monoisotopic (exact) mass is 323 g/mol. The summed E-state index contributed by atoms with van der Waals surface area (Å²) in [5.74, 6) is -2.47. The summed E-state index contributed by atoms with van der Waals surface area (Å²) >= 11 is 1.22. The van der Waals surface area contributed by atoms with Gasteiger partial charge in [-0.1, -0.05) is 11.8 Å². The quantitative estimate of drug-likeness (QED) is 0.656. The molecule has 0 saturated heterocycles. The van der Waals surface area contributed by atoms with Gasteiger partial charge in [0.15, 0.2) is 5.16 Å². The number of rotatable bonds is 2. The van der Waals surface area contributed by atoms with Crippen LogP contribution in [0.15, 0.2) is 28.2 Å². The van der Waals surface area contributed by atoms with Crippen LogP contribution < -0.4 is 10.9 Å². The van der Waals surface area contributed by atoms with Gasteiger partial charge in [0.05, 0.1) is 5.56 Å². The number of halogens is 2. The highest BCUT2D eigenvalue weighted by atomic mass is 32.2. The Morgan fingerprint density at radius 3 is 2.55 bits per heavy atom. The molecule has 1 aliphatic rings. The van der Waals surface area contributed by atoms with Crippen LogP contribution in [0.1, 0.15) is 23.5 Å². The standard InChI is InChI=1S/C14H11F2N3O2S/c1-22-14-18-12-11(13(21)19-14)9(5-10(20)17-12)6-2-7(15)4-8(16)3-6/h2-4,9H,5H2,1H3,(H2,17,18,19,20,21)/t9-/m1/s1. The van der Waals surface area contributed by atoms with Crippen LogP contribution in [0.25, 0.3) is 0 Å². The number of thioether (sulfide) groups is 1. The molecule has 5 nitrogen and oxygen atoms in total. The second kappa shape index (κ2) is 5.53. The normalized spacial score (nSPS) is 17.0. The number of aromatic amines is 1. The van der Waals surface area contributed by atoms with Gasteiger partial charge in [0, 0.05) is 18.4 Å². The van der Waals surface area contributed by atoms with E-state index in [1.807, 2.05) is 0 Å². The summed E-state index contributed by atoms with van der Waals surface area (Å²) in [4.78, 5) is 30.8. The van der Waals surface area contributed by atoms with Crippen molar-refractivity contribution in [3.63, 3.8) is 0 Å². The first-order valence-corrected chi connectivity index (χ1v) is 7.64. The SMILES string of the molecule is CSc1nc2c(c(=O)[nH]1)[C@@H](c1cc(F)cc(F)c1)CC(=O)N2. The summed E-state index contributed by atoms with van der Waals surface area (Å²) in [6.45, 7) is 0. The molecule has 1 aromatic heterocycles. The highest BCUT2D eigenvalue weighted by Gasteiger charge is 2.31. The average molecular weight is 323 g/mol. The van der Waals surface area contributed by atoms with Gasteiger partial charge in [-0.15, -0.1) is 0 Å². The second-order valence-electron chi connectivity index (χ2n) is 4.85. The summed E-state index contributed by atoms with van der Waals surface area (Å²) in [6, 6.07) is 2.99. The lowest BCUT2D eigenvalue weighted by atomic mass is 9.87. The van der Waals surface area contributed by atoms with Gasteiger partial charge in [0.2, 0.25) is 5.91 Å². The van der Waals surface area contributed by atoms with Crippen molar-refractivity contribution in [2.24, 2.45) is 0 Å². The fourth-order valence-electron chi connectivity index (χ4n) is 2.51. The van der Waals surface area contributed by atoms with Crippen molar-refractivity contribution in [3.8, 4) is 0 Å². The van der Waals surface area contributed by atoms with Crippen LogP contribution in [0.2, 0.25) is 0 Å². The largest absolute Gasteiger partial charge is 0.310 e. The maximum absolute atomic E-state index is 13.4. The van der Waals surface area contributed by atoms with Gasteiger partial charge in [0.25, 0.3) is 5.56 Å². The number of nitrogens with one attached hydrogen (secondary N) is 2. The van der Waals surface area contributed by atoms with E-state index >= 15 is 0 Å². The summed E-state index contributed by atoms with van der Waals surface area (Å²) in [6.07, 6.45) is 1.66. The van der Waals surface area contributed by atoms with Gasteiger partial charge in [-0.25, -0.2) is 13.8 Å². The molecule has 0 bridgehead atoms. The van der Waals surface area contributed by atoms with E-state index in [0.29, 0.717) is 5.16 Å². The summed E-state index contributed by atoms with van der Waals surface area (Å²) in [7, 11) is 0. The Morgan fingerprint density at radius 1 is 1.23 bits per heavy atom. The molecule has 0 spiro atoms. The van der Waals surface area contributed by atoms with Gasteiger partial charge in [-0.2, -0.15) is 0 Å². The van der Waals surface area contributed by atoms with Crippen molar-refractivity contribution in [1.29, 1.82) is 0 Å². The summed E-state index contributed by atoms with van der Waals surface area (Å²) in [5.41, 5.74) is 0.0178. The molecule has 22 heavy (non-hydrogen) atoms. The fourth-order valence-corrected chi connectivity index (χ4v) is 2.89. The number of hydrogen-bond donors (Lipinski definition) is 2. The van der Waals surface area contributed by atoms with E-state index in [1.54, 1.807) is 6.26 Å². The zero-order valence-corrected chi connectivity index (χ0v) is 12.3. The van der Waals surface area contributed by atoms with E-state index in [1.165, 1.54) is 11.8 Å². The van der Waals surface area contributed by atoms with Crippen molar-refractivity contribution in [2.45, 2.75) is 17.5 Å². The van der Waals surface area contributed by atoms with Crippen molar-refractivity contribution in [1.82, 2.24) is 9.97 Å². The van der Waals surface area contributed by atoms with Crippen LogP contribution >= 0.6 is 11.8 Å². The molecule has 0 saturated carbocycles. The Labute approximate surface area is 128 Å². The molecule has 114 valence electrons. The molecule has 1 atom stereocenters. The van der Waals surface area contributed by atoms with E-state index < -0.39 is 23.1 Å². The molecule has 1 amide bonds. The van der Waals surface area contributed by atoms with Crippen molar-refractivity contribution in [3.05, 3.63) is 51.3 Å². The lowest BCUT2D eigenvalue weighted by molar-refractivity contribution is -0.116. The average Bonchev–Trinajstić information content (AvgIpc) is 2.44. The minimum atomic E-state index is -0.757. The molecule has 8 heteroatoms. The number of hydrogen-bond acceptors (Lipinski definition) is 4.